The molecular formula is C6H11O3P. The van der Waals surface area contributed by atoms with Crippen LogP contribution in [0.2, 0.25) is 0 Å². The zero-order chi connectivity index (χ0) is 8.20. The van der Waals surface area contributed by atoms with Crippen LogP contribution in [0.4, 0.5) is 0 Å². The fourth-order valence-electron chi connectivity index (χ4n) is 0.372. The van der Waals surface area contributed by atoms with Gasteiger partial charge in [0.1, 0.15) is 0 Å². The Labute approximate surface area is 60.6 Å². The molecule has 0 radical (unpaired) electrons. The molecule has 1 unspecified atom stereocenters. The summed E-state index contributed by atoms with van der Waals surface area (Å²) >= 11 is 0. The lowest BCUT2D eigenvalue weighted by Crippen LogP contribution is -1.88. The molecule has 0 aliphatic carbocycles. The quantitative estimate of drug-likeness (QED) is 0.509. The predicted molar refractivity (Wildman–Crippen MR) is 39.8 cm³/mol. The minimum absolute atomic E-state index is 0.161. The molecule has 0 amide bonds. The van der Waals surface area contributed by atoms with E-state index in [0.29, 0.717) is 0 Å². The molecule has 4 heteroatoms. The highest BCUT2D eigenvalue weighted by atomic mass is 31.2. The maximum Gasteiger partial charge on any atom is 0.362 e. The minimum atomic E-state index is -3.54. The number of rotatable bonds is 3. The van der Waals surface area contributed by atoms with E-state index < -0.39 is 7.60 Å². The van der Waals surface area contributed by atoms with Gasteiger partial charge in [-0.25, -0.2) is 0 Å². The topological polar surface area (TPSA) is 46.5 Å². The van der Waals surface area contributed by atoms with Crippen LogP contribution < -0.4 is 0 Å². The summed E-state index contributed by atoms with van der Waals surface area (Å²) in [5.41, 5.74) is 2.32. The van der Waals surface area contributed by atoms with Crippen molar-refractivity contribution in [1.29, 1.82) is 0 Å². The summed E-state index contributed by atoms with van der Waals surface area (Å²) in [6.45, 7) is 6.56. The Balaban J connectivity index is 4.41. The Morgan fingerprint density at radius 1 is 1.90 bits per heavy atom. The molecule has 0 aliphatic rings. The van der Waals surface area contributed by atoms with Crippen molar-refractivity contribution in [2.75, 3.05) is 6.61 Å². The van der Waals surface area contributed by atoms with E-state index in [1.807, 2.05) is 0 Å². The first-order valence-electron chi connectivity index (χ1n) is 2.89. The first-order valence-corrected chi connectivity index (χ1v) is 4.47. The Morgan fingerprint density at radius 2 is 2.40 bits per heavy atom. The van der Waals surface area contributed by atoms with Crippen LogP contribution >= 0.6 is 7.60 Å². The van der Waals surface area contributed by atoms with Crippen LogP contribution in [0.25, 0.3) is 0 Å². The van der Waals surface area contributed by atoms with E-state index >= 15 is 0 Å². The average molecular weight is 162 g/mol. The molecule has 0 saturated heterocycles. The molecule has 0 fully saturated rings. The highest BCUT2D eigenvalue weighted by molar-refractivity contribution is 7.57. The van der Waals surface area contributed by atoms with Gasteiger partial charge in [-0.2, -0.15) is 0 Å². The van der Waals surface area contributed by atoms with Crippen molar-refractivity contribution in [2.24, 2.45) is 0 Å². The van der Waals surface area contributed by atoms with Crippen LogP contribution in [0, 0.1) is 0 Å². The van der Waals surface area contributed by atoms with E-state index in [1.165, 1.54) is 6.92 Å². The van der Waals surface area contributed by atoms with Gasteiger partial charge in [0.05, 0.1) is 11.9 Å². The summed E-state index contributed by atoms with van der Waals surface area (Å²) in [4.78, 5) is 8.98. The normalized spacial score (nSPS) is 15.5. The first-order chi connectivity index (χ1) is 4.54. The lowest BCUT2D eigenvalue weighted by Gasteiger charge is -2.07. The standard InChI is InChI=1S/C6H11O3P/c1-4-6(3)10(7,8)9-5-2/h1,5H2,2-3H3,(H,7,8). The summed E-state index contributed by atoms with van der Waals surface area (Å²) in [7, 11) is -3.54. The molecular weight excluding hydrogens is 151 g/mol. The lowest BCUT2D eigenvalue weighted by atomic mass is 10.7. The molecule has 1 atom stereocenters. The van der Waals surface area contributed by atoms with Crippen molar-refractivity contribution >= 4 is 7.60 Å². The van der Waals surface area contributed by atoms with Gasteiger partial charge in [0, 0.05) is 0 Å². The van der Waals surface area contributed by atoms with Crippen LogP contribution in [-0.4, -0.2) is 11.5 Å². The van der Waals surface area contributed by atoms with E-state index in [2.05, 4.69) is 16.8 Å². The summed E-state index contributed by atoms with van der Waals surface area (Å²) < 4.78 is 15.5. The van der Waals surface area contributed by atoms with Crippen molar-refractivity contribution in [1.82, 2.24) is 0 Å². The first kappa shape index (κ1) is 9.67. The largest absolute Gasteiger partial charge is 0.362 e. The third kappa shape index (κ3) is 2.51. The predicted octanol–water partition coefficient (Wildman–Crippen LogP) is 1.90. The zero-order valence-electron chi connectivity index (χ0n) is 6.13. The SMILES string of the molecule is C=C=C(C)P(=O)(O)OCC. The van der Waals surface area contributed by atoms with Gasteiger partial charge < -0.3 is 9.42 Å². The van der Waals surface area contributed by atoms with Gasteiger partial charge in [-0.3, -0.25) is 4.57 Å². The van der Waals surface area contributed by atoms with Gasteiger partial charge in [-0.05, 0) is 13.8 Å². The summed E-state index contributed by atoms with van der Waals surface area (Å²) in [5.74, 6) is 0. The fourth-order valence-corrected chi connectivity index (χ4v) is 1.12. The molecule has 58 valence electrons. The summed E-state index contributed by atoms with van der Waals surface area (Å²) in [6, 6.07) is 0. The zero-order valence-corrected chi connectivity index (χ0v) is 7.02. The van der Waals surface area contributed by atoms with Crippen LogP contribution in [0.1, 0.15) is 13.8 Å². The Hall–Kier alpha value is -0.330. The molecule has 0 spiro atoms. The van der Waals surface area contributed by atoms with Crippen LogP contribution in [0.15, 0.2) is 17.6 Å². The number of hydrogen-bond donors (Lipinski definition) is 1. The van der Waals surface area contributed by atoms with Gasteiger partial charge in [-0.1, -0.05) is 6.58 Å². The summed E-state index contributed by atoms with van der Waals surface area (Å²) in [5, 5.41) is 0.161. The molecule has 0 aromatic carbocycles. The highest BCUT2D eigenvalue weighted by Gasteiger charge is 2.20. The fraction of sp³-hybridized carbons (Fsp3) is 0.500. The Morgan fingerprint density at radius 3 is 2.70 bits per heavy atom. The lowest BCUT2D eigenvalue weighted by molar-refractivity contribution is 0.280. The van der Waals surface area contributed by atoms with Gasteiger partial charge in [-0.15, -0.1) is 5.73 Å². The second-order valence-corrected chi connectivity index (χ2v) is 3.67. The minimum Gasteiger partial charge on any atom is -0.321 e. The van der Waals surface area contributed by atoms with Crippen molar-refractivity contribution < 1.29 is 14.0 Å². The molecule has 1 N–H and O–H groups in total. The highest BCUT2D eigenvalue weighted by Crippen LogP contribution is 2.49. The second-order valence-electron chi connectivity index (χ2n) is 1.70. The van der Waals surface area contributed by atoms with Crippen LogP contribution in [-0.2, 0) is 9.09 Å². The summed E-state index contributed by atoms with van der Waals surface area (Å²) in [6.07, 6.45) is 0. The smallest absolute Gasteiger partial charge is 0.321 e. The number of hydrogen-bond acceptors (Lipinski definition) is 2. The van der Waals surface area contributed by atoms with E-state index in [1.54, 1.807) is 6.92 Å². The van der Waals surface area contributed by atoms with E-state index in [9.17, 15) is 4.57 Å². The Kier molecular flexibility index (Phi) is 3.62. The number of allylic oxidation sites excluding steroid dienone is 1. The van der Waals surface area contributed by atoms with Gasteiger partial charge in [0.2, 0.25) is 0 Å². The molecule has 0 rings (SSSR count). The van der Waals surface area contributed by atoms with E-state index in [4.69, 9.17) is 4.89 Å². The second kappa shape index (κ2) is 3.75. The van der Waals surface area contributed by atoms with E-state index in [0.717, 1.165) is 0 Å². The average Bonchev–Trinajstić information content (AvgIpc) is 1.86. The molecule has 0 saturated carbocycles. The monoisotopic (exact) mass is 162 g/mol. The Bertz CT molecular complexity index is 203. The molecule has 0 aliphatic heterocycles. The molecule has 0 bridgehead atoms. The molecule has 0 heterocycles. The molecule has 10 heavy (non-hydrogen) atoms. The maximum absolute atomic E-state index is 10.9. The van der Waals surface area contributed by atoms with Crippen LogP contribution in [0.5, 0.6) is 0 Å². The molecule has 3 nitrogen and oxygen atoms in total. The van der Waals surface area contributed by atoms with Gasteiger partial charge in [0.15, 0.2) is 0 Å². The molecule has 0 aromatic heterocycles. The van der Waals surface area contributed by atoms with Crippen molar-refractivity contribution in [3.8, 4) is 0 Å². The maximum atomic E-state index is 10.9. The van der Waals surface area contributed by atoms with Crippen molar-refractivity contribution in [3.63, 3.8) is 0 Å². The molecule has 0 aromatic rings. The van der Waals surface area contributed by atoms with Gasteiger partial charge in [0.25, 0.3) is 0 Å². The van der Waals surface area contributed by atoms with E-state index in [-0.39, 0.29) is 11.9 Å². The van der Waals surface area contributed by atoms with Crippen molar-refractivity contribution in [2.45, 2.75) is 13.8 Å². The van der Waals surface area contributed by atoms with Gasteiger partial charge >= 0.3 is 7.60 Å². The third-order valence-corrected chi connectivity index (χ3v) is 2.60. The third-order valence-electron chi connectivity index (χ3n) is 0.984. The van der Waals surface area contributed by atoms with Crippen LogP contribution in [0.3, 0.4) is 0 Å². The van der Waals surface area contributed by atoms with Crippen molar-refractivity contribution in [3.05, 3.63) is 17.6 Å².